The number of carbonyl (C=O) groups excluding carboxylic acids is 2. The normalized spacial score (nSPS) is 13.5. The fourth-order valence-corrected chi connectivity index (χ4v) is 3.54. The number of hydrogen-bond acceptors (Lipinski definition) is 3. The summed E-state index contributed by atoms with van der Waals surface area (Å²) in [5.74, 6) is -0.127. The topological polar surface area (TPSA) is 61.4 Å². The van der Waals surface area contributed by atoms with E-state index in [-0.39, 0.29) is 11.6 Å². The lowest BCUT2D eigenvalue weighted by Crippen LogP contribution is -2.31. The molecule has 0 saturated heterocycles. The first-order valence-corrected chi connectivity index (χ1v) is 8.78. The Morgan fingerprint density at radius 3 is 2.79 bits per heavy atom. The average molecular weight is 410 g/mol. The maximum Gasteiger partial charge on any atom is 0.323 e. The van der Waals surface area contributed by atoms with E-state index in [0.29, 0.717) is 15.9 Å². The highest BCUT2D eigenvalue weighted by atomic mass is 79.9. The number of fused-ring (bicyclic) bond motifs is 1. The zero-order chi connectivity index (χ0) is 17.3. The molecule has 5 nitrogen and oxygen atoms in total. The second-order valence-electron chi connectivity index (χ2n) is 5.13. The molecule has 0 fully saturated rings. The number of thioether (sulfide) groups is 1. The van der Waals surface area contributed by atoms with Crippen molar-refractivity contribution >= 4 is 56.7 Å². The average Bonchev–Trinajstić information content (AvgIpc) is 2.54. The Labute approximate surface area is 150 Å². The van der Waals surface area contributed by atoms with E-state index in [1.165, 1.54) is 23.9 Å². The van der Waals surface area contributed by atoms with Gasteiger partial charge in [-0.3, -0.25) is 4.79 Å². The van der Waals surface area contributed by atoms with E-state index in [1.807, 2.05) is 6.07 Å². The summed E-state index contributed by atoms with van der Waals surface area (Å²) < 4.78 is 14.3. The minimum Gasteiger partial charge on any atom is -0.314 e. The molecule has 0 radical (unpaired) electrons. The van der Waals surface area contributed by atoms with Crippen LogP contribution in [0.2, 0.25) is 0 Å². The molecule has 0 unspecified atom stereocenters. The van der Waals surface area contributed by atoms with Gasteiger partial charge in [0.1, 0.15) is 5.82 Å². The van der Waals surface area contributed by atoms with Crippen LogP contribution in [-0.2, 0) is 4.79 Å². The monoisotopic (exact) mass is 409 g/mol. The second kappa shape index (κ2) is 6.82. The van der Waals surface area contributed by atoms with Gasteiger partial charge < -0.3 is 15.5 Å². The summed E-state index contributed by atoms with van der Waals surface area (Å²) in [5, 5.41) is 5.10. The molecular weight excluding hydrogens is 397 g/mol. The SMILES string of the molecule is CN1C(=O)CSc2ccc(NC(=O)Nc3ccc(Br)cc3F)cc21. The maximum absolute atomic E-state index is 13.7. The van der Waals surface area contributed by atoms with Crippen molar-refractivity contribution in [2.45, 2.75) is 4.90 Å². The van der Waals surface area contributed by atoms with Gasteiger partial charge in [-0.1, -0.05) is 15.9 Å². The van der Waals surface area contributed by atoms with Crippen molar-refractivity contribution in [3.8, 4) is 0 Å². The van der Waals surface area contributed by atoms with Gasteiger partial charge in [0.05, 0.1) is 17.1 Å². The third-order valence-corrected chi connectivity index (χ3v) is 5.02. The second-order valence-corrected chi connectivity index (χ2v) is 7.06. The van der Waals surface area contributed by atoms with Gasteiger partial charge in [0.2, 0.25) is 5.91 Å². The van der Waals surface area contributed by atoms with Gasteiger partial charge in [0.25, 0.3) is 0 Å². The number of carbonyl (C=O) groups is 2. The van der Waals surface area contributed by atoms with Crippen LogP contribution in [0.25, 0.3) is 0 Å². The predicted molar refractivity (Wildman–Crippen MR) is 97.3 cm³/mol. The summed E-state index contributed by atoms with van der Waals surface area (Å²) in [5.41, 5.74) is 1.34. The molecule has 1 heterocycles. The fourth-order valence-electron chi connectivity index (χ4n) is 2.23. The minimum atomic E-state index is -0.561. The molecule has 8 heteroatoms. The predicted octanol–water partition coefficient (Wildman–Crippen LogP) is 4.30. The van der Waals surface area contributed by atoms with Gasteiger partial charge in [0, 0.05) is 22.1 Å². The molecule has 1 aliphatic rings. The van der Waals surface area contributed by atoms with Crippen molar-refractivity contribution in [3.05, 3.63) is 46.7 Å². The molecule has 2 aromatic rings. The first-order chi connectivity index (χ1) is 11.4. The minimum absolute atomic E-state index is 0.00559. The van der Waals surface area contributed by atoms with E-state index in [1.54, 1.807) is 30.1 Å². The van der Waals surface area contributed by atoms with Crippen molar-refractivity contribution in [1.29, 1.82) is 0 Å². The molecule has 2 N–H and O–H groups in total. The highest BCUT2D eigenvalue weighted by molar-refractivity contribution is 9.10. The number of nitrogens with one attached hydrogen (secondary N) is 2. The summed E-state index contributed by atoms with van der Waals surface area (Å²) in [4.78, 5) is 26.3. The number of halogens is 2. The van der Waals surface area contributed by atoms with Gasteiger partial charge >= 0.3 is 6.03 Å². The summed E-state index contributed by atoms with van der Waals surface area (Å²) in [6, 6.07) is 9.12. The van der Waals surface area contributed by atoms with Crippen LogP contribution in [0.1, 0.15) is 0 Å². The Morgan fingerprint density at radius 1 is 1.25 bits per heavy atom. The Hall–Kier alpha value is -2.06. The molecular formula is C16H13BrFN3O2S. The van der Waals surface area contributed by atoms with E-state index in [0.717, 1.165) is 10.6 Å². The number of amides is 3. The first-order valence-electron chi connectivity index (χ1n) is 7.00. The Balaban J connectivity index is 1.74. The van der Waals surface area contributed by atoms with Crippen LogP contribution in [0, 0.1) is 5.82 Å². The third kappa shape index (κ3) is 3.54. The van der Waals surface area contributed by atoms with Gasteiger partial charge in [-0.2, -0.15) is 0 Å². The van der Waals surface area contributed by atoms with Crippen LogP contribution in [0.3, 0.4) is 0 Å². The van der Waals surface area contributed by atoms with Crippen molar-refractivity contribution in [1.82, 2.24) is 0 Å². The van der Waals surface area contributed by atoms with E-state index < -0.39 is 11.8 Å². The Bertz CT molecular complexity index is 831. The molecule has 3 amide bonds. The van der Waals surface area contributed by atoms with Crippen LogP contribution in [-0.4, -0.2) is 24.7 Å². The zero-order valence-corrected chi connectivity index (χ0v) is 15.0. The molecule has 24 heavy (non-hydrogen) atoms. The van der Waals surface area contributed by atoms with Crippen LogP contribution in [0.5, 0.6) is 0 Å². The first kappa shape index (κ1) is 16.8. The molecule has 0 aromatic heterocycles. The smallest absolute Gasteiger partial charge is 0.314 e. The van der Waals surface area contributed by atoms with Crippen LogP contribution in [0.4, 0.5) is 26.2 Å². The molecule has 124 valence electrons. The molecule has 0 atom stereocenters. The number of rotatable bonds is 2. The van der Waals surface area contributed by atoms with E-state index >= 15 is 0 Å². The zero-order valence-electron chi connectivity index (χ0n) is 12.6. The molecule has 0 saturated carbocycles. The number of hydrogen-bond donors (Lipinski definition) is 2. The molecule has 0 spiro atoms. The summed E-state index contributed by atoms with van der Waals surface area (Å²) in [6.07, 6.45) is 0. The van der Waals surface area contributed by atoms with Crippen LogP contribution in [0.15, 0.2) is 45.8 Å². The van der Waals surface area contributed by atoms with E-state index in [4.69, 9.17) is 0 Å². The standard InChI is InChI=1S/C16H13BrFN3O2S/c1-21-13-7-10(3-5-14(13)24-8-15(21)22)19-16(23)20-12-4-2-9(17)6-11(12)18/h2-7H,8H2,1H3,(H2,19,20,23). The lowest BCUT2D eigenvalue weighted by molar-refractivity contribution is -0.116. The van der Waals surface area contributed by atoms with E-state index in [2.05, 4.69) is 26.6 Å². The molecule has 0 aliphatic carbocycles. The van der Waals surface area contributed by atoms with E-state index in [9.17, 15) is 14.0 Å². The molecule has 0 bridgehead atoms. The highest BCUT2D eigenvalue weighted by Crippen LogP contribution is 2.36. The number of benzene rings is 2. The third-order valence-electron chi connectivity index (χ3n) is 3.48. The van der Waals surface area contributed by atoms with Crippen molar-refractivity contribution < 1.29 is 14.0 Å². The van der Waals surface area contributed by atoms with Crippen molar-refractivity contribution in [2.75, 3.05) is 28.3 Å². The van der Waals surface area contributed by atoms with Gasteiger partial charge in [-0.05, 0) is 36.4 Å². The van der Waals surface area contributed by atoms with Crippen LogP contribution < -0.4 is 15.5 Å². The van der Waals surface area contributed by atoms with Gasteiger partial charge in [-0.15, -0.1) is 11.8 Å². The largest absolute Gasteiger partial charge is 0.323 e. The fraction of sp³-hybridized carbons (Fsp3) is 0.125. The van der Waals surface area contributed by atoms with Crippen molar-refractivity contribution in [3.63, 3.8) is 0 Å². The lowest BCUT2D eigenvalue weighted by Gasteiger charge is -2.25. The Morgan fingerprint density at radius 2 is 2.04 bits per heavy atom. The quantitative estimate of drug-likeness (QED) is 0.776. The summed E-state index contributed by atoms with van der Waals surface area (Å²) in [7, 11) is 1.70. The molecule has 2 aromatic carbocycles. The lowest BCUT2D eigenvalue weighted by atomic mass is 10.2. The van der Waals surface area contributed by atoms with Gasteiger partial charge in [0.15, 0.2) is 0 Å². The van der Waals surface area contributed by atoms with Crippen LogP contribution >= 0.6 is 27.7 Å². The summed E-state index contributed by atoms with van der Waals surface area (Å²) in [6.45, 7) is 0. The Kier molecular flexibility index (Phi) is 4.77. The molecule has 3 rings (SSSR count). The summed E-state index contributed by atoms with van der Waals surface area (Å²) >= 11 is 4.62. The van der Waals surface area contributed by atoms with Gasteiger partial charge in [-0.25, -0.2) is 9.18 Å². The number of urea groups is 1. The number of nitrogens with zero attached hydrogens (tertiary/aromatic N) is 1. The maximum atomic E-state index is 13.7. The highest BCUT2D eigenvalue weighted by Gasteiger charge is 2.21. The van der Waals surface area contributed by atoms with Crippen molar-refractivity contribution in [2.24, 2.45) is 0 Å². The molecule has 1 aliphatic heterocycles. The number of anilines is 3.